The van der Waals surface area contributed by atoms with Crippen molar-refractivity contribution in [1.29, 1.82) is 0 Å². The van der Waals surface area contributed by atoms with E-state index in [-0.39, 0.29) is 25.0 Å². The Balaban J connectivity index is 2.04. The maximum absolute atomic E-state index is 12.3. The third-order valence-corrected chi connectivity index (χ3v) is 3.98. The summed E-state index contributed by atoms with van der Waals surface area (Å²) in [4.78, 5) is 26.3. The van der Waals surface area contributed by atoms with Crippen molar-refractivity contribution in [3.05, 3.63) is 0 Å². The van der Waals surface area contributed by atoms with Crippen LogP contribution in [0.4, 0.5) is 4.79 Å². The lowest BCUT2D eigenvalue weighted by atomic mass is 10.2. The van der Waals surface area contributed by atoms with E-state index in [4.69, 9.17) is 5.11 Å². The highest BCUT2D eigenvalue weighted by atomic mass is 16.4. The number of aliphatic hydroxyl groups excluding tert-OH is 1. The average Bonchev–Trinajstić information content (AvgIpc) is 2.95. The van der Waals surface area contributed by atoms with Gasteiger partial charge < -0.3 is 20.0 Å². The monoisotopic (exact) mass is 256 g/mol. The van der Waals surface area contributed by atoms with Crippen LogP contribution in [0.25, 0.3) is 0 Å². The number of likely N-dealkylation sites (tertiary alicyclic amines) is 1. The van der Waals surface area contributed by atoms with E-state index in [0.29, 0.717) is 0 Å². The van der Waals surface area contributed by atoms with Gasteiger partial charge in [0.15, 0.2) is 0 Å². The lowest BCUT2D eigenvalue weighted by molar-refractivity contribution is -0.141. The van der Waals surface area contributed by atoms with Gasteiger partial charge in [0.1, 0.15) is 6.04 Å². The molecule has 102 valence electrons. The Kier molecular flexibility index (Phi) is 3.75. The molecule has 2 fully saturated rings. The number of rotatable bonds is 2. The summed E-state index contributed by atoms with van der Waals surface area (Å²) in [6.07, 6.45) is 3.60. The molecule has 18 heavy (non-hydrogen) atoms. The number of nitrogens with zero attached hydrogens (tertiary/aromatic N) is 2. The molecule has 6 nitrogen and oxygen atoms in total. The minimum absolute atomic E-state index is 0.118. The number of carboxylic acid groups (broad SMARTS) is 1. The van der Waals surface area contributed by atoms with Gasteiger partial charge in [-0.15, -0.1) is 0 Å². The molecule has 0 spiro atoms. The lowest BCUT2D eigenvalue weighted by Crippen LogP contribution is -2.49. The van der Waals surface area contributed by atoms with Crippen LogP contribution in [0, 0.1) is 0 Å². The molecule has 0 aromatic rings. The third kappa shape index (κ3) is 2.43. The molecule has 0 radical (unpaired) electrons. The quantitative estimate of drug-likeness (QED) is 0.754. The van der Waals surface area contributed by atoms with Gasteiger partial charge in [0, 0.05) is 26.1 Å². The first-order chi connectivity index (χ1) is 8.50. The van der Waals surface area contributed by atoms with Gasteiger partial charge in [-0.05, 0) is 12.8 Å². The van der Waals surface area contributed by atoms with Crippen LogP contribution in [0.3, 0.4) is 0 Å². The van der Waals surface area contributed by atoms with Crippen molar-refractivity contribution in [1.82, 2.24) is 9.80 Å². The second kappa shape index (κ2) is 5.14. The smallest absolute Gasteiger partial charge is 0.326 e. The molecular formula is C12H20N2O4. The summed E-state index contributed by atoms with van der Waals surface area (Å²) in [5.41, 5.74) is 0. The predicted molar refractivity (Wildman–Crippen MR) is 64.2 cm³/mol. The number of carboxylic acids is 1. The molecule has 2 aliphatic rings. The van der Waals surface area contributed by atoms with E-state index >= 15 is 0 Å². The van der Waals surface area contributed by atoms with Gasteiger partial charge in [-0.1, -0.05) is 12.8 Å². The third-order valence-electron chi connectivity index (χ3n) is 3.98. The molecule has 0 unspecified atom stereocenters. The van der Waals surface area contributed by atoms with Gasteiger partial charge in [-0.2, -0.15) is 0 Å². The van der Waals surface area contributed by atoms with Crippen LogP contribution in [0.15, 0.2) is 0 Å². The molecular weight excluding hydrogens is 236 g/mol. The summed E-state index contributed by atoms with van der Waals surface area (Å²) < 4.78 is 0. The van der Waals surface area contributed by atoms with E-state index in [9.17, 15) is 14.7 Å². The highest BCUT2D eigenvalue weighted by molar-refractivity contribution is 5.83. The largest absolute Gasteiger partial charge is 0.480 e. The number of amides is 2. The summed E-state index contributed by atoms with van der Waals surface area (Å²) in [6, 6.07) is -0.952. The fraction of sp³-hybridized carbons (Fsp3) is 0.833. The van der Waals surface area contributed by atoms with Crippen LogP contribution in [0.2, 0.25) is 0 Å². The molecule has 1 heterocycles. The second-order valence-corrected chi connectivity index (χ2v) is 5.23. The summed E-state index contributed by atoms with van der Waals surface area (Å²) in [7, 11) is 1.72. The number of carbonyl (C=O) groups is 2. The number of urea groups is 1. The predicted octanol–water partition coefficient (Wildman–Crippen LogP) is 0.501. The molecule has 0 aromatic heterocycles. The fourth-order valence-electron chi connectivity index (χ4n) is 2.91. The molecule has 1 aliphatic heterocycles. The average molecular weight is 256 g/mol. The van der Waals surface area contributed by atoms with Gasteiger partial charge in [-0.3, -0.25) is 0 Å². The standard InChI is InChI=1S/C12H20N2O4/c1-13(8-4-2-3-5-8)12(18)14-7-9(15)6-10(14)11(16)17/h8-10,15H,2-7H2,1H3,(H,16,17)/t9-,10-/m0/s1. The van der Waals surface area contributed by atoms with Crippen LogP contribution in [-0.2, 0) is 4.79 Å². The van der Waals surface area contributed by atoms with Gasteiger partial charge in [0.05, 0.1) is 6.10 Å². The first kappa shape index (κ1) is 13.1. The zero-order chi connectivity index (χ0) is 13.3. The van der Waals surface area contributed by atoms with Crippen molar-refractivity contribution >= 4 is 12.0 Å². The zero-order valence-corrected chi connectivity index (χ0v) is 10.6. The number of carbonyl (C=O) groups excluding carboxylic acids is 1. The number of hydrogen-bond acceptors (Lipinski definition) is 3. The topological polar surface area (TPSA) is 81.1 Å². The lowest BCUT2D eigenvalue weighted by Gasteiger charge is -2.31. The Morgan fingerprint density at radius 2 is 1.89 bits per heavy atom. The summed E-state index contributed by atoms with van der Waals surface area (Å²) in [5, 5.41) is 18.6. The number of aliphatic carboxylic acids is 1. The van der Waals surface area contributed by atoms with Crippen molar-refractivity contribution < 1.29 is 19.8 Å². The Labute approximate surface area is 106 Å². The van der Waals surface area contributed by atoms with Crippen molar-refractivity contribution in [2.24, 2.45) is 0 Å². The fourth-order valence-corrected chi connectivity index (χ4v) is 2.91. The van der Waals surface area contributed by atoms with Crippen LogP contribution in [0.1, 0.15) is 32.1 Å². The molecule has 2 rings (SSSR count). The minimum atomic E-state index is -1.04. The maximum atomic E-state index is 12.3. The van der Waals surface area contributed by atoms with Gasteiger partial charge in [0.2, 0.25) is 0 Å². The van der Waals surface area contributed by atoms with E-state index in [2.05, 4.69) is 0 Å². The molecule has 1 saturated carbocycles. The Morgan fingerprint density at radius 1 is 1.28 bits per heavy atom. The highest BCUT2D eigenvalue weighted by Gasteiger charge is 2.41. The van der Waals surface area contributed by atoms with Crippen LogP contribution in [0.5, 0.6) is 0 Å². The molecule has 0 aromatic carbocycles. The number of aliphatic hydroxyl groups is 1. The Bertz CT molecular complexity index is 341. The second-order valence-electron chi connectivity index (χ2n) is 5.23. The van der Waals surface area contributed by atoms with E-state index in [1.807, 2.05) is 0 Å². The Morgan fingerprint density at radius 3 is 2.44 bits per heavy atom. The summed E-state index contributed by atoms with van der Waals surface area (Å²) in [6.45, 7) is 0.118. The molecule has 2 atom stereocenters. The van der Waals surface area contributed by atoms with Crippen LogP contribution < -0.4 is 0 Å². The molecule has 1 aliphatic carbocycles. The van der Waals surface area contributed by atoms with E-state index in [0.717, 1.165) is 25.7 Å². The van der Waals surface area contributed by atoms with Gasteiger partial charge in [0.25, 0.3) is 0 Å². The number of β-amino-alcohol motifs (C(OH)–C–C–N with tert-alkyl or cyclic N) is 1. The molecule has 0 bridgehead atoms. The van der Waals surface area contributed by atoms with E-state index in [1.54, 1.807) is 11.9 Å². The first-order valence-corrected chi connectivity index (χ1v) is 6.45. The summed E-state index contributed by atoms with van der Waals surface area (Å²) >= 11 is 0. The normalized spacial score (nSPS) is 28.7. The van der Waals surface area contributed by atoms with Gasteiger partial charge >= 0.3 is 12.0 Å². The molecule has 2 N–H and O–H groups in total. The number of hydrogen-bond donors (Lipinski definition) is 2. The van der Waals surface area contributed by atoms with Crippen molar-refractivity contribution in [3.8, 4) is 0 Å². The SMILES string of the molecule is CN(C(=O)N1C[C@@H](O)C[C@H]1C(=O)O)C1CCCC1. The first-order valence-electron chi connectivity index (χ1n) is 6.45. The van der Waals surface area contributed by atoms with E-state index in [1.165, 1.54) is 4.90 Å². The van der Waals surface area contributed by atoms with Crippen molar-refractivity contribution in [2.75, 3.05) is 13.6 Å². The van der Waals surface area contributed by atoms with E-state index < -0.39 is 18.1 Å². The molecule has 6 heteroatoms. The van der Waals surface area contributed by atoms with Crippen LogP contribution in [-0.4, -0.2) is 63.8 Å². The van der Waals surface area contributed by atoms with Crippen molar-refractivity contribution in [3.63, 3.8) is 0 Å². The van der Waals surface area contributed by atoms with Crippen LogP contribution >= 0.6 is 0 Å². The van der Waals surface area contributed by atoms with Gasteiger partial charge in [-0.25, -0.2) is 9.59 Å². The zero-order valence-electron chi connectivity index (χ0n) is 10.6. The molecule has 1 saturated heterocycles. The minimum Gasteiger partial charge on any atom is -0.480 e. The molecule has 2 amide bonds. The maximum Gasteiger partial charge on any atom is 0.326 e. The highest BCUT2D eigenvalue weighted by Crippen LogP contribution is 2.26. The summed E-state index contributed by atoms with van der Waals surface area (Å²) in [5.74, 6) is -1.04. The van der Waals surface area contributed by atoms with Crippen molar-refractivity contribution in [2.45, 2.75) is 50.3 Å². The Hall–Kier alpha value is -1.30.